The number of unbranched alkanes of at least 4 members (excludes halogenated alkanes) is 11. The third-order valence-corrected chi connectivity index (χ3v) is 5.13. The number of pyridine rings is 1. The monoisotopic (exact) mass is 439 g/mol. The van der Waals surface area contributed by atoms with E-state index in [2.05, 4.69) is 42.9 Å². The van der Waals surface area contributed by atoms with Gasteiger partial charge in [-0.25, -0.2) is 13.0 Å². The molecular weight excluding hydrogens is 403 g/mol. The highest BCUT2D eigenvalue weighted by Gasteiger charge is 2.36. The van der Waals surface area contributed by atoms with E-state index in [0.29, 0.717) is 0 Å². The molecule has 1 heterocycles. The molecule has 0 spiro atoms. The summed E-state index contributed by atoms with van der Waals surface area (Å²) in [6, 6.07) is 4.31. The van der Waals surface area contributed by atoms with Crippen LogP contribution < -0.4 is 4.57 Å². The third-order valence-electron chi connectivity index (χ3n) is 4.56. The van der Waals surface area contributed by atoms with Gasteiger partial charge in [-0.2, -0.15) is 13.2 Å². The number of hydrogen-bond donors (Lipinski definition) is 0. The molecule has 1 aromatic heterocycles. The predicted octanol–water partition coefficient (Wildman–Crippen LogP) is 6.04. The molecule has 0 bridgehead atoms. The topological polar surface area (TPSA) is 61.1 Å². The van der Waals surface area contributed by atoms with Gasteiger partial charge in [0.25, 0.3) is 0 Å². The van der Waals surface area contributed by atoms with Crippen LogP contribution in [0.2, 0.25) is 0 Å². The van der Waals surface area contributed by atoms with Crippen LogP contribution in [0.15, 0.2) is 24.5 Å². The summed E-state index contributed by atoms with van der Waals surface area (Å²) in [5, 5.41) is 0. The molecule has 0 aromatic carbocycles. The lowest BCUT2D eigenvalue weighted by Gasteiger charge is -2.08. The number of alkyl halides is 3. The minimum atomic E-state index is -6.09. The number of aryl methyl sites for hydroxylation is 2. The van der Waals surface area contributed by atoms with Gasteiger partial charge >= 0.3 is 5.51 Å². The first-order valence-electron chi connectivity index (χ1n) is 10.6. The van der Waals surface area contributed by atoms with Crippen molar-refractivity contribution in [2.45, 2.75) is 103 Å². The van der Waals surface area contributed by atoms with Crippen molar-refractivity contribution in [1.29, 1.82) is 0 Å². The van der Waals surface area contributed by atoms with E-state index >= 15 is 0 Å². The Labute approximate surface area is 174 Å². The molecule has 0 aliphatic rings. The second kappa shape index (κ2) is 15.7. The van der Waals surface area contributed by atoms with Crippen molar-refractivity contribution in [2.24, 2.45) is 0 Å². The molecule has 0 atom stereocenters. The zero-order chi connectivity index (χ0) is 22.2. The summed E-state index contributed by atoms with van der Waals surface area (Å²) < 4.78 is 61.2. The first-order chi connectivity index (χ1) is 13.6. The van der Waals surface area contributed by atoms with Crippen molar-refractivity contribution in [1.82, 2.24) is 0 Å². The largest absolute Gasteiger partial charge is 0.741 e. The molecule has 0 amide bonds. The molecule has 0 unspecified atom stereocenters. The van der Waals surface area contributed by atoms with Crippen molar-refractivity contribution in [3.05, 3.63) is 30.1 Å². The Balaban J connectivity index is 0.000000828. The third kappa shape index (κ3) is 16.3. The Kier molecular flexibility index (Phi) is 15.0. The highest BCUT2D eigenvalue weighted by atomic mass is 32.2. The van der Waals surface area contributed by atoms with Gasteiger partial charge in [0, 0.05) is 18.1 Å². The van der Waals surface area contributed by atoms with Gasteiger partial charge < -0.3 is 4.55 Å². The highest BCUT2D eigenvalue weighted by Crippen LogP contribution is 2.20. The zero-order valence-electron chi connectivity index (χ0n) is 17.7. The standard InChI is InChI=1S/C20H36N.CHF3O3S/c1-3-4-5-6-7-8-9-10-11-12-13-14-17-21-18-15-16-20(2)19-21;2-1(3,4)8(5,6)7/h15-16,18-19H,3-14,17H2,1-2H3;(H,5,6,7)/q+1;/p-1. The molecule has 1 rings (SSSR count). The quantitative estimate of drug-likeness (QED) is 0.163. The van der Waals surface area contributed by atoms with Crippen LogP contribution in [0.25, 0.3) is 0 Å². The Morgan fingerprint density at radius 3 is 1.69 bits per heavy atom. The first kappa shape index (κ1) is 27.8. The minimum absolute atomic E-state index is 1.18. The van der Waals surface area contributed by atoms with Gasteiger partial charge in [0.2, 0.25) is 0 Å². The molecule has 1 aromatic rings. The zero-order valence-corrected chi connectivity index (χ0v) is 18.5. The molecule has 29 heavy (non-hydrogen) atoms. The molecule has 0 aliphatic heterocycles. The average Bonchev–Trinajstić information content (AvgIpc) is 2.61. The maximum atomic E-state index is 10.7. The van der Waals surface area contributed by atoms with Crippen LogP contribution in [-0.2, 0) is 16.7 Å². The lowest BCUT2D eigenvalue weighted by atomic mass is 10.1. The van der Waals surface area contributed by atoms with Gasteiger partial charge in [0.15, 0.2) is 22.5 Å². The Hall–Kier alpha value is -1.15. The molecular formula is C21H36F3NO3S. The van der Waals surface area contributed by atoms with Gasteiger partial charge in [0.1, 0.15) is 6.54 Å². The maximum Gasteiger partial charge on any atom is 0.485 e. The maximum absolute atomic E-state index is 10.7. The number of aromatic nitrogens is 1. The van der Waals surface area contributed by atoms with Gasteiger partial charge in [-0.1, -0.05) is 71.1 Å². The fraction of sp³-hybridized carbons (Fsp3) is 0.762. The Bertz CT molecular complexity index is 634. The van der Waals surface area contributed by atoms with Crippen molar-refractivity contribution in [3.63, 3.8) is 0 Å². The van der Waals surface area contributed by atoms with Crippen LogP contribution in [0, 0.1) is 6.92 Å². The molecule has 0 saturated carbocycles. The van der Waals surface area contributed by atoms with E-state index < -0.39 is 15.6 Å². The number of nitrogens with zero attached hydrogens (tertiary/aromatic N) is 1. The molecule has 0 aliphatic carbocycles. The van der Waals surface area contributed by atoms with Crippen LogP contribution in [0.5, 0.6) is 0 Å². The summed E-state index contributed by atoms with van der Waals surface area (Å²) in [7, 11) is -6.09. The summed E-state index contributed by atoms with van der Waals surface area (Å²) >= 11 is 0. The van der Waals surface area contributed by atoms with E-state index in [0.717, 1.165) is 0 Å². The number of hydrogen-bond acceptors (Lipinski definition) is 3. The summed E-state index contributed by atoms with van der Waals surface area (Å²) in [6.07, 6.45) is 21.5. The second-order valence-corrected chi connectivity index (χ2v) is 8.78. The Morgan fingerprint density at radius 1 is 0.897 bits per heavy atom. The van der Waals surface area contributed by atoms with E-state index in [1.165, 1.54) is 89.2 Å². The van der Waals surface area contributed by atoms with Gasteiger partial charge in [-0.05, 0) is 19.4 Å². The number of halogens is 3. The van der Waals surface area contributed by atoms with Gasteiger partial charge in [-0.15, -0.1) is 0 Å². The molecule has 0 N–H and O–H groups in total. The normalized spacial score (nSPS) is 11.8. The van der Waals surface area contributed by atoms with Gasteiger partial charge in [0.05, 0.1) is 0 Å². The molecule has 0 saturated heterocycles. The van der Waals surface area contributed by atoms with E-state index in [1.54, 1.807) is 0 Å². The van der Waals surface area contributed by atoms with E-state index in [9.17, 15) is 13.2 Å². The average molecular weight is 440 g/mol. The summed E-state index contributed by atoms with van der Waals surface area (Å²) in [6.45, 7) is 5.63. The molecule has 4 nitrogen and oxygen atoms in total. The van der Waals surface area contributed by atoms with Crippen LogP contribution >= 0.6 is 0 Å². The molecule has 170 valence electrons. The SMILES string of the molecule is CCCCCCCCCCCCCC[n+]1cccc(C)c1.O=S(=O)([O-])C(F)(F)F. The van der Waals surface area contributed by atoms with E-state index in [1.807, 2.05) is 0 Å². The van der Waals surface area contributed by atoms with Crippen LogP contribution in [0.4, 0.5) is 13.2 Å². The first-order valence-corrected chi connectivity index (χ1v) is 12.0. The van der Waals surface area contributed by atoms with Crippen molar-refractivity contribution < 1.29 is 30.7 Å². The van der Waals surface area contributed by atoms with E-state index in [4.69, 9.17) is 13.0 Å². The van der Waals surface area contributed by atoms with Crippen molar-refractivity contribution >= 4 is 10.1 Å². The van der Waals surface area contributed by atoms with Crippen LogP contribution in [0.3, 0.4) is 0 Å². The van der Waals surface area contributed by atoms with E-state index in [-0.39, 0.29) is 0 Å². The lowest BCUT2D eigenvalue weighted by molar-refractivity contribution is -0.697. The smallest absolute Gasteiger partial charge is 0.485 e. The van der Waals surface area contributed by atoms with Crippen LogP contribution in [-0.4, -0.2) is 18.5 Å². The minimum Gasteiger partial charge on any atom is -0.741 e. The Morgan fingerprint density at radius 2 is 1.31 bits per heavy atom. The molecule has 8 heteroatoms. The lowest BCUT2D eigenvalue weighted by Crippen LogP contribution is -2.32. The summed E-state index contributed by atoms with van der Waals surface area (Å²) in [5.74, 6) is 0. The van der Waals surface area contributed by atoms with Crippen LogP contribution in [0.1, 0.15) is 89.5 Å². The number of rotatable bonds is 13. The van der Waals surface area contributed by atoms with Crippen molar-refractivity contribution in [2.75, 3.05) is 0 Å². The second-order valence-electron chi connectivity index (χ2n) is 7.41. The van der Waals surface area contributed by atoms with Gasteiger partial charge in [-0.3, -0.25) is 0 Å². The van der Waals surface area contributed by atoms with Crippen molar-refractivity contribution in [3.8, 4) is 0 Å². The predicted molar refractivity (Wildman–Crippen MR) is 108 cm³/mol. The fourth-order valence-corrected chi connectivity index (χ4v) is 2.93. The molecule has 0 radical (unpaired) electrons. The summed E-state index contributed by atoms with van der Waals surface area (Å²) in [4.78, 5) is 0. The fourth-order valence-electron chi connectivity index (χ4n) is 2.93. The highest BCUT2D eigenvalue weighted by molar-refractivity contribution is 7.86. The summed E-state index contributed by atoms with van der Waals surface area (Å²) in [5.41, 5.74) is -4.29. The molecule has 0 fully saturated rings.